The van der Waals surface area contributed by atoms with E-state index >= 15 is 0 Å². The zero-order valence-electron chi connectivity index (χ0n) is 10.8. The molecule has 3 rings (SSSR count). The number of halogens is 1. The first-order valence-corrected chi connectivity index (χ1v) is 7.28. The Morgan fingerprint density at radius 1 is 1.20 bits per heavy atom. The maximum atomic E-state index is 12.1. The van der Waals surface area contributed by atoms with Gasteiger partial charge in [0, 0.05) is 22.1 Å². The van der Waals surface area contributed by atoms with Crippen LogP contribution < -0.4 is 5.32 Å². The van der Waals surface area contributed by atoms with Crippen LogP contribution in [0.15, 0.2) is 53.0 Å². The topological polar surface area (TPSA) is 38.3 Å². The van der Waals surface area contributed by atoms with Crippen LogP contribution >= 0.6 is 15.9 Å². The number of carbonyl (C=O) groups excluding carboxylic acids is 1. The van der Waals surface area contributed by atoms with Crippen molar-refractivity contribution in [2.45, 2.75) is 19.1 Å². The van der Waals surface area contributed by atoms with Crippen LogP contribution in [0.5, 0.6) is 0 Å². The van der Waals surface area contributed by atoms with Gasteiger partial charge < -0.3 is 10.1 Å². The van der Waals surface area contributed by atoms with Gasteiger partial charge in [0.15, 0.2) is 0 Å². The van der Waals surface area contributed by atoms with Crippen LogP contribution in [0.2, 0.25) is 0 Å². The molecule has 0 fully saturated rings. The zero-order valence-corrected chi connectivity index (χ0v) is 12.4. The summed E-state index contributed by atoms with van der Waals surface area (Å²) >= 11 is 3.45. The lowest BCUT2D eigenvalue weighted by Crippen LogP contribution is -2.28. The first-order valence-electron chi connectivity index (χ1n) is 6.48. The number of fused-ring (bicyclic) bond motifs is 1. The average molecular weight is 332 g/mol. The smallest absolute Gasteiger partial charge is 0.329 e. The molecule has 0 amide bonds. The van der Waals surface area contributed by atoms with Crippen molar-refractivity contribution in [3.05, 3.63) is 64.1 Å². The molecule has 4 heteroatoms. The minimum Gasteiger partial charge on any atom is -0.459 e. The molecule has 102 valence electrons. The van der Waals surface area contributed by atoms with Crippen molar-refractivity contribution in [3.63, 3.8) is 0 Å². The summed E-state index contributed by atoms with van der Waals surface area (Å²) in [6, 6.07) is 15.4. The van der Waals surface area contributed by atoms with Crippen LogP contribution in [-0.2, 0) is 22.6 Å². The Morgan fingerprint density at radius 2 is 1.95 bits per heavy atom. The van der Waals surface area contributed by atoms with Crippen molar-refractivity contribution in [1.29, 1.82) is 0 Å². The number of anilines is 1. The third kappa shape index (κ3) is 2.70. The molecule has 0 bridgehead atoms. The second-order valence-corrected chi connectivity index (χ2v) is 5.61. The molecule has 2 aromatic rings. The molecule has 0 aliphatic carbocycles. The standard InChI is InChI=1S/C16H14BrNO2/c17-13-7-3-1-6-12(13)10-20-16(19)15-9-11-5-2-4-8-14(11)18-15/h1-8,15,18H,9-10H2. The third-order valence-electron chi connectivity index (χ3n) is 3.38. The predicted molar refractivity (Wildman–Crippen MR) is 81.5 cm³/mol. The van der Waals surface area contributed by atoms with E-state index in [0.29, 0.717) is 6.42 Å². The van der Waals surface area contributed by atoms with Gasteiger partial charge >= 0.3 is 5.97 Å². The molecule has 0 radical (unpaired) electrons. The highest BCUT2D eigenvalue weighted by molar-refractivity contribution is 9.10. The van der Waals surface area contributed by atoms with E-state index in [9.17, 15) is 4.79 Å². The van der Waals surface area contributed by atoms with Crippen LogP contribution in [0.4, 0.5) is 5.69 Å². The lowest BCUT2D eigenvalue weighted by Gasteiger charge is -2.12. The first-order chi connectivity index (χ1) is 9.74. The van der Waals surface area contributed by atoms with Crippen LogP contribution in [0.25, 0.3) is 0 Å². The Morgan fingerprint density at radius 3 is 2.75 bits per heavy atom. The van der Waals surface area contributed by atoms with Gasteiger partial charge in [-0.2, -0.15) is 0 Å². The van der Waals surface area contributed by atoms with E-state index in [1.165, 1.54) is 0 Å². The third-order valence-corrected chi connectivity index (χ3v) is 4.16. The quantitative estimate of drug-likeness (QED) is 0.874. The predicted octanol–water partition coefficient (Wildman–Crippen LogP) is 3.53. The summed E-state index contributed by atoms with van der Waals surface area (Å²) in [5.74, 6) is -0.211. The Balaban J connectivity index is 1.61. The summed E-state index contributed by atoms with van der Waals surface area (Å²) in [4.78, 5) is 12.1. The summed E-state index contributed by atoms with van der Waals surface area (Å²) < 4.78 is 6.35. The lowest BCUT2D eigenvalue weighted by atomic mass is 10.1. The monoisotopic (exact) mass is 331 g/mol. The fourth-order valence-corrected chi connectivity index (χ4v) is 2.70. The molecule has 20 heavy (non-hydrogen) atoms. The van der Waals surface area contributed by atoms with E-state index in [1.807, 2.05) is 48.5 Å². The molecule has 0 aromatic heterocycles. The van der Waals surface area contributed by atoms with Crippen LogP contribution in [0, 0.1) is 0 Å². The number of esters is 1. The number of ether oxygens (including phenoxy) is 1. The van der Waals surface area contributed by atoms with Crippen molar-refractivity contribution in [2.75, 3.05) is 5.32 Å². The van der Waals surface area contributed by atoms with E-state index in [-0.39, 0.29) is 18.6 Å². The minimum atomic E-state index is -0.283. The lowest BCUT2D eigenvalue weighted by molar-refractivity contribution is -0.145. The highest BCUT2D eigenvalue weighted by atomic mass is 79.9. The molecule has 0 saturated carbocycles. The van der Waals surface area contributed by atoms with Gasteiger partial charge in [0.25, 0.3) is 0 Å². The van der Waals surface area contributed by atoms with Gasteiger partial charge in [-0.3, -0.25) is 0 Å². The number of rotatable bonds is 3. The maximum Gasteiger partial charge on any atom is 0.329 e. The van der Waals surface area contributed by atoms with Gasteiger partial charge in [-0.05, 0) is 17.7 Å². The molecule has 2 aromatic carbocycles. The Labute approximate surface area is 126 Å². The average Bonchev–Trinajstić information content (AvgIpc) is 2.90. The highest BCUT2D eigenvalue weighted by Gasteiger charge is 2.27. The summed E-state index contributed by atoms with van der Waals surface area (Å²) in [5, 5.41) is 3.20. The molecule has 1 aliphatic rings. The van der Waals surface area contributed by atoms with Gasteiger partial charge in [-0.25, -0.2) is 4.79 Å². The van der Waals surface area contributed by atoms with E-state index in [0.717, 1.165) is 21.3 Å². The Bertz CT molecular complexity index is 617. The van der Waals surface area contributed by atoms with Crippen molar-refractivity contribution >= 4 is 27.6 Å². The van der Waals surface area contributed by atoms with Crippen LogP contribution in [0.1, 0.15) is 11.1 Å². The Kier molecular flexibility index (Phi) is 3.74. The molecular weight excluding hydrogens is 318 g/mol. The van der Waals surface area contributed by atoms with E-state index in [2.05, 4.69) is 21.2 Å². The van der Waals surface area contributed by atoms with Crippen molar-refractivity contribution in [2.24, 2.45) is 0 Å². The van der Waals surface area contributed by atoms with Gasteiger partial charge in [0.1, 0.15) is 12.6 Å². The van der Waals surface area contributed by atoms with Gasteiger partial charge in [0.2, 0.25) is 0 Å². The number of benzene rings is 2. The highest BCUT2D eigenvalue weighted by Crippen LogP contribution is 2.26. The van der Waals surface area contributed by atoms with Gasteiger partial charge in [-0.15, -0.1) is 0 Å². The molecule has 1 heterocycles. The molecular formula is C16H14BrNO2. The second kappa shape index (κ2) is 5.67. The molecule has 1 N–H and O–H groups in total. The second-order valence-electron chi connectivity index (χ2n) is 4.76. The van der Waals surface area contributed by atoms with Gasteiger partial charge in [-0.1, -0.05) is 52.3 Å². The fraction of sp³-hybridized carbons (Fsp3) is 0.188. The minimum absolute atomic E-state index is 0.211. The Hall–Kier alpha value is -1.81. The van der Waals surface area contributed by atoms with Crippen molar-refractivity contribution < 1.29 is 9.53 Å². The number of nitrogens with one attached hydrogen (secondary N) is 1. The van der Waals surface area contributed by atoms with Crippen LogP contribution in [0.3, 0.4) is 0 Å². The zero-order chi connectivity index (χ0) is 13.9. The van der Waals surface area contributed by atoms with Crippen molar-refractivity contribution in [1.82, 2.24) is 0 Å². The number of carbonyl (C=O) groups is 1. The summed E-state index contributed by atoms with van der Waals surface area (Å²) in [6.07, 6.45) is 0.685. The SMILES string of the molecule is O=C(OCc1ccccc1Br)C1Cc2ccccc2N1. The molecule has 3 nitrogen and oxygen atoms in total. The summed E-state index contributed by atoms with van der Waals surface area (Å²) in [5.41, 5.74) is 3.15. The summed E-state index contributed by atoms with van der Waals surface area (Å²) in [7, 11) is 0. The van der Waals surface area contributed by atoms with E-state index in [1.54, 1.807) is 0 Å². The number of para-hydroxylation sites is 1. The van der Waals surface area contributed by atoms with Gasteiger partial charge in [0.05, 0.1) is 0 Å². The molecule has 0 spiro atoms. The van der Waals surface area contributed by atoms with E-state index in [4.69, 9.17) is 4.74 Å². The number of hydrogen-bond donors (Lipinski definition) is 1. The largest absolute Gasteiger partial charge is 0.459 e. The molecule has 1 atom stereocenters. The van der Waals surface area contributed by atoms with E-state index < -0.39 is 0 Å². The maximum absolute atomic E-state index is 12.1. The molecule has 1 aliphatic heterocycles. The fourth-order valence-electron chi connectivity index (χ4n) is 2.30. The summed E-state index contributed by atoms with van der Waals surface area (Å²) in [6.45, 7) is 0.286. The van der Waals surface area contributed by atoms with Crippen LogP contribution in [-0.4, -0.2) is 12.0 Å². The normalized spacial score (nSPS) is 16.4. The van der Waals surface area contributed by atoms with Crippen molar-refractivity contribution in [3.8, 4) is 0 Å². The molecule has 0 saturated heterocycles. The molecule has 1 unspecified atom stereocenters. The number of hydrogen-bond acceptors (Lipinski definition) is 3. The first kappa shape index (κ1) is 13.2.